The largest absolute Gasteiger partial charge is 1.00 e. The molecule has 3 nitrogen and oxygen atoms in total. The van der Waals surface area contributed by atoms with Gasteiger partial charge in [0.2, 0.25) is 6.58 Å². The molecular weight excluding hydrogens is 127 g/mol. The van der Waals surface area contributed by atoms with E-state index < -0.39 is 10.1 Å². The van der Waals surface area contributed by atoms with Gasteiger partial charge in [0.15, 0.2) is 10.1 Å². The summed E-state index contributed by atoms with van der Waals surface area (Å²) >= 11 is 0. The van der Waals surface area contributed by atoms with Gasteiger partial charge in [-0.15, -0.1) is 0 Å². The van der Waals surface area contributed by atoms with Crippen LogP contribution >= 0.6 is 0 Å². The average molecular weight is 129 g/mol. The molecule has 0 saturated carbocycles. The van der Waals surface area contributed by atoms with Gasteiger partial charge in [0.25, 0.3) is 5.41 Å². The molecule has 0 saturated heterocycles. The van der Waals surface area contributed by atoms with Crippen LogP contribution in [0, 0.1) is 6.58 Å². The van der Waals surface area contributed by atoms with Crippen molar-refractivity contribution >= 4 is 10.1 Å². The number of hydrogen-bond donors (Lipinski definition) is 0. The van der Waals surface area contributed by atoms with E-state index in [-0.39, 0.29) is 35.0 Å². The minimum Gasteiger partial charge on any atom is -0.741 e. The molecule has 0 fully saturated rings. The molecule has 0 N–H and O–H groups in total. The SMILES string of the molecule is [CH+]=CS(=O)(=O)[O-].[Na+]. The first kappa shape index (κ1) is 10.5. The molecule has 0 atom stereocenters. The van der Waals surface area contributed by atoms with Gasteiger partial charge < -0.3 is 4.55 Å². The fourth-order valence-corrected chi connectivity index (χ4v) is 0. The maximum atomic E-state index is 9.26. The first-order valence-corrected chi connectivity index (χ1v) is 2.54. The van der Waals surface area contributed by atoms with Crippen molar-refractivity contribution in [2.75, 3.05) is 0 Å². The second-order valence-corrected chi connectivity index (χ2v) is 1.89. The van der Waals surface area contributed by atoms with Crippen molar-refractivity contribution in [3.63, 3.8) is 0 Å². The van der Waals surface area contributed by atoms with E-state index in [1.54, 1.807) is 0 Å². The van der Waals surface area contributed by atoms with E-state index in [0.717, 1.165) is 0 Å². The van der Waals surface area contributed by atoms with Crippen molar-refractivity contribution in [2.45, 2.75) is 0 Å². The molecule has 0 radical (unpaired) electrons. The Labute approximate surface area is 64.5 Å². The second-order valence-electron chi connectivity index (χ2n) is 0.629. The third-order valence-electron chi connectivity index (χ3n) is 0.167. The van der Waals surface area contributed by atoms with Crippen molar-refractivity contribution < 1.29 is 42.5 Å². The molecule has 0 aliphatic heterocycles. The maximum absolute atomic E-state index is 9.26. The van der Waals surface area contributed by atoms with Gasteiger partial charge in [-0.3, -0.25) is 0 Å². The molecular formula is C2H2NaO3S+. The molecule has 0 aliphatic carbocycles. The zero-order chi connectivity index (χ0) is 5.21. The summed E-state index contributed by atoms with van der Waals surface area (Å²) < 4.78 is 27.8. The molecule has 0 bridgehead atoms. The molecule has 0 unspecified atom stereocenters. The van der Waals surface area contributed by atoms with E-state index in [0.29, 0.717) is 0 Å². The smallest absolute Gasteiger partial charge is 0.741 e. The van der Waals surface area contributed by atoms with Gasteiger partial charge >= 0.3 is 29.6 Å². The molecule has 0 spiro atoms. The summed E-state index contributed by atoms with van der Waals surface area (Å²) in [6.07, 6.45) is 0. The number of rotatable bonds is 1. The zero-order valence-electron chi connectivity index (χ0n) is 3.79. The molecule has 0 heterocycles. The number of hydrogen-bond acceptors (Lipinski definition) is 3. The van der Waals surface area contributed by atoms with E-state index >= 15 is 0 Å². The van der Waals surface area contributed by atoms with Crippen LogP contribution in [0.25, 0.3) is 0 Å². The van der Waals surface area contributed by atoms with Gasteiger partial charge in [0.05, 0.1) is 0 Å². The Kier molecular flexibility index (Phi) is 5.33. The van der Waals surface area contributed by atoms with Crippen LogP contribution in [0.4, 0.5) is 0 Å². The minimum atomic E-state index is -4.26. The minimum absolute atomic E-state index is 0. The van der Waals surface area contributed by atoms with E-state index in [1.807, 2.05) is 0 Å². The van der Waals surface area contributed by atoms with Gasteiger partial charge in [0, 0.05) is 0 Å². The van der Waals surface area contributed by atoms with E-state index in [2.05, 4.69) is 6.58 Å². The first-order valence-electron chi connectivity index (χ1n) is 1.07. The molecule has 0 rings (SSSR count). The molecule has 7 heavy (non-hydrogen) atoms. The van der Waals surface area contributed by atoms with Crippen LogP contribution in [0.1, 0.15) is 0 Å². The van der Waals surface area contributed by atoms with Crippen LogP contribution in [-0.4, -0.2) is 13.0 Å². The van der Waals surface area contributed by atoms with Crippen molar-refractivity contribution in [2.24, 2.45) is 0 Å². The Hall–Kier alpha value is 0.560. The fraction of sp³-hybridized carbons (Fsp3) is 0. The van der Waals surface area contributed by atoms with Crippen LogP contribution in [0.2, 0.25) is 0 Å². The van der Waals surface area contributed by atoms with Crippen molar-refractivity contribution in [1.29, 1.82) is 0 Å². The Morgan fingerprint density at radius 2 is 1.71 bits per heavy atom. The standard InChI is InChI=1S/C2H2O3S.Na/c1-2-6(3,4)5;/h1-2H;/q;+1. The van der Waals surface area contributed by atoms with Crippen LogP contribution in [-0.2, 0) is 10.1 Å². The van der Waals surface area contributed by atoms with Gasteiger partial charge in [-0.2, -0.15) is 0 Å². The summed E-state index contributed by atoms with van der Waals surface area (Å²) in [7, 11) is -4.26. The van der Waals surface area contributed by atoms with Gasteiger partial charge in [0.1, 0.15) is 0 Å². The predicted octanol–water partition coefficient (Wildman–Crippen LogP) is -3.52. The molecule has 34 valence electrons. The quantitative estimate of drug-likeness (QED) is 0.209. The summed E-state index contributed by atoms with van der Waals surface area (Å²) in [4.78, 5) is 0. The normalized spacial score (nSPS) is 9.14. The average Bonchev–Trinajstić information content (AvgIpc) is 1.35. The third-order valence-corrected chi connectivity index (χ3v) is 0.500. The van der Waals surface area contributed by atoms with E-state index in [4.69, 9.17) is 0 Å². The summed E-state index contributed by atoms with van der Waals surface area (Å²) in [6, 6.07) is 0. The summed E-state index contributed by atoms with van der Waals surface area (Å²) in [5.41, 5.74) is 0. The molecule has 0 aromatic carbocycles. The molecule has 0 amide bonds. The van der Waals surface area contributed by atoms with E-state index in [9.17, 15) is 13.0 Å². The van der Waals surface area contributed by atoms with Gasteiger partial charge in [-0.05, 0) is 0 Å². The van der Waals surface area contributed by atoms with Crippen LogP contribution in [0.15, 0.2) is 5.41 Å². The Morgan fingerprint density at radius 1 is 1.57 bits per heavy atom. The summed E-state index contributed by atoms with van der Waals surface area (Å²) in [5, 5.41) is 0.104. The second kappa shape index (κ2) is 3.55. The van der Waals surface area contributed by atoms with Crippen molar-refractivity contribution in [3.05, 3.63) is 12.0 Å². The summed E-state index contributed by atoms with van der Waals surface area (Å²) in [6.45, 7) is 4.28. The van der Waals surface area contributed by atoms with E-state index in [1.165, 1.54) is 0 Å². The Morgan fingerprint density at radius 3 is 1.71 bits per heavy atom. The predicted molar refractivity (Wildman–Crippen MR) is 18.6 cm³/mol. The Balaban J connectivity index is 0. The van der Waals surface area contributed by atoms with Crippen molar-refractivity contribution in [3.8, 4) is 0 Å². The fourth-order valence-electron chi connectivity index (χ4n) is 0. The van der Waals surface area contributed by atoms with Gasteiger partial charge in [-0.1, -0.05) is 0 Å². The Bertz CT molecular complexity index is 123. The maximum Gasteiger partial charge on any atom is 1.00 e. The van der Waals surface area contributed by atoms with Gasteiger partial charge in [-0.25, -0.2) is 8.42 Å². The first-order chi connectivity index (χ1) is 2.56. The molecule has 0 aromatic heterocycles. The molecule has 5 heteroatoms. The summed E-state index contributed by atoms with van der Waals surface area (Å²) in [5.74, 6) is 0. The van der Waals surface area contributed by atoms with Crippen LogP contribution < -0.4 is 29.6 Å². The topological polar surface area (TPSA) is 57.2 Å². The monoisotopic (exact) mass is 129 g/mol. The zero-order valence-corrected chi connectivity index (χ0v) is 6.60. The third kappa shape index (κ3) is 10.8. The van der Waals surface area contributed by atoms with Crippen LogP contribution in [0.5, 0.6) is 0 Å². The van der Waals surface area contributed by atoms with Crippen molar-refractivity contribution in [1.82, 2.24) is 0 Å². The molecule has 0 aliphatic rings. The molecule has 0 aromatic rings. The van der Waals surface area contributed by atoms with Crippen LogP contribution in [0.3, 0.4) is 0 Å².